The summed E-state index contributed by atoms with van der Waals surface area (Å²) in [6.45, 7) is 6.23. The fourth-order valence-corrected chi connectivity index (χ4v) is 6.85. The number of anilines is 1. The summed E-state index contributed by atoms with van der Waals surface area (Å²) >= 11 is 1.14. The van der Waals surface area contributed by atoms with Gasteiger partial charge in [0.2, 0.25) is 0 Å². The Morgan fingerprint density at radius 3 is 2.43 bits per heavy atom. The molecule has 3 heterocycles. The zero-order chi connectivity index (χ0) is 31.0. The molecule has 0 radical (unpaired) electrons. The topological polar surface area (TPSA) is 99.4 Å². The number of fused-ring (bicyclic) bond motifs is 2. The number of allylic oxidation sites excluding steroid dienone is 1. The molecule has 0 unspecified atom stereocenters. The highest BCUT2D eigenvalue weighted by atomic mass is 32.1. The molecule has 1 amide bonds. The highest BCUT2D eigenvalue weighted by molar-refractivity contribution is 7.07. The van der Waals surface area contributed by atoms with Crippen LogP contribution in [0.5, 0.6) is 11.5 Å². The van der Waals surface area contributed by atoms with E-state index < -0.39 is 17.6 Å². The Bertz CT molecular complexity index is 1990. The molecular weight excluding hydrogens is 578 g/mol. The zero-order valence-electron chi connectivity index (χ0n) is 24.8. The molecule has 1 aromatic heterocycles. The summed E-state index contributed by atoms with van der Waals surface area (Å²) in [7, 11) is 1.55. The third-order valence-corrected chi connectivity index (χ3v) is 8.68. The minimum absolute atomic E-state index is 0.159. The lowest BCUT2D eigenvalue weighted by molar-refractivity contribution is -0.139. The minimum Gasteiger partial charge on any atom is -0.493 e. The highest BCUT2D eigenvalue weighted by Gasteiger charge is 2.37. The lowest BCUT2D eigenvalue weighted by atomic mass is 9.95. The van der Waals surface area contributed by atoms with E-state index >= 15 is 0 Å². The normalized spacial score (nSPS) is 16.8. The first-order valence-corrected chi connectivity index (χ1v) is 15.2. The molecule has 4 aromatic rings. The number of thiazole rings is 1. The van der Waals surface area contributed by atoms with Crippen molar-refractivity contribution in [3.63, 3.8) is 0 Å². The number of nitrogens with zero attached hydrogens (tertiary/aromatic N) is 3. The van der Waals surface area contributed by atoms with Gasteiger partial charge in [-0.1, -0.05) is 65.9 Å². The quantitative estimate of drug-likeness (QED) is 0.279. The van der Waals surface area contributed by atoms with Gasteiger partial charge in [0.1, 0.15) is 4.53 Å². The lowest BCUT2D eigenvalue weighted by Crippen LogP contribution is -2.41. The summed E-state index contributed by atoms with van der Waals surface area (Å²) in [5.74, 6) is 0.171. The Balaban J connectivity index is 1.58. The molecule has 3 aromatic carbocycles. The minimum atomic E-state index is -0.864. The largest absolute Gasteiger partial charge is 0.493 e. The van der Waals surface area contributed by atoms with E-state index in [1.54, 1.807) is 44.1 Å². The summed E-state index contributed by atoms with van der Waals surface area (Å²) in [6.07, 6.45) is 0. The summed E-state index contributed by atoms with van der Waals surface area (Å²) in [5, 5.41) is 0. The van der Waals surface area contributed by atoms with Crippen LogP contribution in [-0.4, -0.2) is 36.8 Å². The van der Waals surface area contributed by atoms with Crippen LogP contribution in [0.25, 0.3) is 5.57 Å². The van der Waals surface area contributed by atoms with Crippen molar-refractivity contribution in [1.29, 1.82) is 0 Å². The van der Waals surface area contributed by atoms with Gasteiger partial charge in [-0.25, -0.2) is 9.79 Å². The number of para-hydroxylation sites is 1. The fourth-order valence-electron chi connectivity index (χ4n) is 5.71. The number of rotatable bonds is 8. The molecule has 9 nitrogen and oxygen atoms in total. The third-order valence-electron chi connectivity index (χ3n) is 7.63. The average Bonchev–Trinajstić information content (AvgIpc) is 3.49. The van der Waals surface area contributed by atoms with Gasteiger partial charge in [-0.3, -0.25) is 14.2 Å². The maximum atomic E-state index is 14.5. The van der Waals surface area contributed by atoms with Gasteiger partial charge in [0, 0.05) is 5.56 Å². The van der Waals surface area contributed by atoms with Gasteiger partial charge in [-0.2, -0.15) is 0 Å². The van der Waals surface area contributed by atoms with Crippen molar-refractivity contribution in [1.82, 2.24) is 4.57 Å². The number of methoxy groups -OCH3 is 1. The molecular formula is C34H31N3O6S. The number of hydrogen-bond acceptors (Lipinski definition) is 8. The van der Waals surface area contributed by atoms with Gasteiger partial charge in [0.15, 0.2) is 16.3 Å². The van der Waals surface area contributed by atoms with Crippen molar-refractivity contribution in [3.8, 4) is 11.5 Å². The lowest BCUT2D eigenvalue weighted by Gasteiger charge is -2.25. The molecule has 0 bridgehead atoms. The first kappa shape index (κ1) is 29.1. The molecule has 2 aliphatic heterocycles. The second-order valence-electron chi connectivity index (χ2n) is 10.2. The summed E-state index contributed by atoms with van der Waals surface area (Å²) < 4.78 is 18.5. The molecule has 0 saturated heterocycles. The van der Waals surface area contributed by atoms with Crippen LogP contribution >= 0.6 is 11.3 Å². The number of carbonyl (C=O) groups is 2. The second-order valence-corrected chi connectivity index (χ2v) is 11.2. The van der Waals surface area contributed by atoms with E-state index in [2.05, 4.69) is 4.99 Å². The maximum absolute atomic E-state index is 14.5. The van der Waals surface area contributed by atoms with Gasteiger partial charge in [0.25, 0.3) is 11.5 Å². The van der Waals surface area contributed by atoms with E-state index in [4.69, 9.17) is 14.2 Å². The molecule has 6 rings (SSSR count). The number of aromatic nitrogens is 1. The third kappa shape index (κ3) is 4.90. The standard InChI is InChI=1S/C34H31N3O6S/c1-5-42-26-18-22(16-17-25(26)41-4)29-27(33(40)43-6-2)20(3)35-34-37(29)32(39)30(44-34)28-23-14-10-11-15-24(23)36(31(28)38)19-21-12-8-7-9-13-21/h7-18,29H,5-6,19H2,1-4H3/b30-28-/t29-/m1/s1. The van der Waals surface area contributed by atoms with Gasteiger partial charge >= 0.3 is 5.97 Å². The van der Waals surface area contributed by atoms with Crippen LogP contribution in [0.2, 0.25) is 0 Å². The highest BCUT2D eigenvalue weighted by Crippen LogP contribution is 2.38. The van der Waals surface area contributed by atoms with Crippen LogP contribution in [0.3, 0.4) is 0 Å². The van der Waals surface area contributed by atoms with E-state index in [9.17, 15) is 14.4 Å². The Kier molecular flexibility index (Phi) is 7.92. The summed E-state index contributed by atoms with van der Waals surface area (Å²) in [5.41, 5.74) is 3.59. The number of ether oxygens (including phenoxy) is 3. The van der Waals surface area contributed by atoms with Crippen molar-refractivity contribution in [2.75, 3.05) is 25.2 Å². The van der Waals surface area contributed by atoms with E-state index in [-0.39, 0.29) is 22.6 Å². The predicted molar refractivity (Wildman–Crippen MR) is 168 cm³/mol. The van der Waals surface area contributed by atoms with E-state index in [1.807, 2.05) is 61.5 Å². The first-order valence-electron chi connectivity index (χ1n) is 14.4. The van der Waals surface area contributed by atoms with Crippen LogP contribution < -0.4 is 29.3 Å². The van der Waals surface area contributed by atoms with E-state index in [1.165, 1.54) is 4.57 Å². The van der Waals surface area contributed by atoms with E-state index in [0.29, 0.717) is 51.8 Å². The molecule has 0 aliphatic carbocycles. The number of amides is 1. The van der Waals surface area contributed by atoms with Crippen molar-refractivity contribution in [2.24, 2.45) is 4.99 Å². The number of esters is 1. The van der Waals surface area contributed by atoms with Gasteiger partial charge < -0.3 is 19.1 Å². The molecule has 0 fully saturated rings. The molecule has 10 heteroatoms. The van der Waals surface area contributed by atoms with Crippen molar-refractivity contribution < 1.29 is 23.8 Å². The molecule has 224 valence electrons. The van der Waals surface area contributed by atoms with Crippen LogP contribution in [0.15, 0.2) is 93.9 Å². The molecule has 2 aliphatic rings. The number of benzene rings is 3. The maximum Gasteiger partial charge on any atom is 0.338 e. The smallest absolute Gasteiger partial charge is 0.338 e. The molecule has 44 heavy (non-hydrogen) atoms. The summed E-state index contributed by atoms with van der Waals surface area (Å²) in [4.78, 5) is 48.7. The zero-order valence-corrected chi connectivity index (χ0v) is 25.6. The van der Waals surface area contributed by atoms with E-state index in [0.717, 1.165) is 22.6 Å². The Morgan fingerprint density at radius 1 is 0.955 bits per heavy atom. The van der Waals surface area contributed by atoms with Crippen LogP contribution in [0, 0.1) is 0 Å². The second kappa shape index (κ2) is 12.0. The number of hydrogen-bond donors (Lipinski definition) is 0. The van der Waals surface area contributed by atoms with Crippen LogP contribution in [0.4, 0.5) is 5.69 Å². The predicted octanol–water partition coefficient (Wildman–Crippen LogP) is 4.12. The Hall–Kier alpha value is -4.96. The van der Waals surface area contributed by atoms with Crippen molar-refractivity contribution >= 4 is 34.5 Å². The van der Waals surface area contributed by atoms with Crippen molar-refractivity contribution in [3.05, 3.63) is 120 Å². The first-order chi connectivity index (χ1) is 21.4. The average molecular weight is 610 g/mol. The monoisotopic (exact) mass is 609 g/mol. The molecule has 1 atom stereocenters. The summed E-state index contributed by atoms with van der Waals surface area (Å²) in [6, 6.07) is 21.6. The number of carbonyl (C=O) groups excluding carboxylic acids is 2. The van der Waals surface area contributed by atoms with Crippen LogP contribution in [0.1, 0.15) is 43.5 Å². The molecule has 0 saturated carbocycles. The SMILES string of the molecule is CCOC(=O)C1=C(C)N=c2s/c(=C3\C(=O)N(Cc4ccccc4)c4ccccc43)c(=O)n2[C@@H]1c1ccc(OC)c(OCC)c1. The van der Waals surface area contributed by atoms with Crippen LogP contribution in [-0.2, 0) is 20.9 Å². The van der Waals surface area contributed by atoms with Gasteiger partial charge in [0.05, 0.1) is 55.4 Å². The fraction of sp³-hybridized carbons (Fsp3) is 0.235. The Labute approximate surface area is 258 Å². The Morgan fingerprint density at radius 2 is 1.70 bits per heavy atom. The van der Waals surface area contributed by atoms with Gasteiger partial charge in [-0.15, -0.1) is 0 Å². The van der Waals surface area contributed by atoms with Gasteiger partial charge in [-0.05, 0) is 50.1 Å². The van der Waals surface area contributed by atoms with Crippen molar-refractivity contribution in [2.45, 2.75) is 33.4 Å². The molecule has 0 spiro atoms. The molecule has 0 N–H and O–H groups in total.